The first-order valence-electron chi connectivity index (χ1n) is 7.41. The van der Waals surface area contributed by atoms with Gasteiger partial charge in [0.2, 0.25) is 0 Å². The van der Waals surface area contributed by atoms with E-state index in [1.54, 1.807) is 0 Å². The van der Waals surface area contributed by atoms with Gasteiger partial charge in [-0.3, -0.25) is 4.90 Å². The van der Waals surface area contributed by atoms with Gasteiger partial charge in [0, 0.05) is 36.7 Å². The van der Waals surface area contributed by atoms with Crippen molar-refractivity contribution < 1.29 is 13.2 Å². The van der Waals surface area contributed by atoms with E-state index in [4.69, 9.17) is 0 Å². The third-order valence-corrected chi connectivity index (χ3v) is 4.36. The van der Waals surface area contributed by atoms with Gasteiger partial charge in [0.1, 0.15) is 0 Å². The van der Waals surface area contributed by atoms with Crippen LogP contribution < -0.4 is 5.32 Å². The van der Waals surface area contributed by atoms with Gasteiger partial charge in [-0.25, -0.2) is 0 Å². The van der Waals surface area contributed by atoms with Gasteiger partial charge >= 0.3 is 6.18 Å². The van der Waals surface area contributed by atoms with E-state index in [0.717, 1.165) is 37.8 Å². The SMILES string of the molecule is CC(C)(C)[C@@H](c1cc(Br)cc(C(F)(F)F)c1)N1CCNCC1. The molecule has 2 rings (SSSR count). The van der Waals surface area contributed by atoms with Crippen molar-refractivity contribution in [3.8, 4) is 0 Å². The number of piperazine rings is 1. The molecule has 1 saturated heterocycles. The van der Waals surface area contributed by atoms with Crippen LogP contribution >= 0.6 is 15.9 Å². The maximum absolute atomic E-state index is 13.1. The molecule has 124 valence electrons. The quantitative estimate of drug-likeness (QED) is 0.816. The first kappa shape index (κ1) is 17.8. The molecule has 22 heavy (non-hydrogen) atoms. The van der Waals surface area contributed by atoms with Crippen molar-refractivity contribution in [3.63, 3.8) is 0 Å². The largest absolute Gasteiger partial charge is 0.416 e. The highest BCUT2D eigenvalue weighted by Gasteiger charge is 2.36. The zero-order valence-electron chi connectivity index (χ0n) is 13.1. The van der Waals surface area contributed by atoms with Gasteiger partial charge in [-0.1, -0.05) is 36.7 Å². The van der Waals surface area contributed by atoms with Crippen LogP contribution in [0.5, 0.6) is 0 Å². The molecule has 0 saturated carbocycles. The van der Waals surface area contributed by atoms with E-state index in [1.165, 1.54) is 6.07 Å². The van der Waals surface area contributed by atoms with Crippen LogP contribution in [0.1, 0.15) is 37.9 Å². The van der Waals surface area contributed by atoms with Crippen molar-refractivity contribution in [3.05, 3.63) is 33.8 Å². The van der Waals surface area contributed by atoms with Crippen LogP contribution in [0.4, 0.5) is 13.2 Å². The molecule has 0 radical (unpaired) electrons. The molecule has 0 aliphatic carbocycles. The molecule has 2 nitrogen and oxygen atoms in total. The molecule has 0 spiro atoms. The highest BCUT2D eigenvalue weighted by atomic mass is 79.9. The molecule has 1 aromatic rings. The minimum atomic E-state index is -4.33. The normalized spacial score (nSPS) is 19.2. The Morgan fingerprint density at radius 1 is 1.09 bits per heavy atom. The predicted octanol–water partition coefficient (Wildman–Crippen LogP) is 4.46. The second-order valence-corrected chi connectivity index (χ2v) is 7.74. The summed E-state index contributed by atoms with van der Waals surface area (Å²) in [4.78, 5) is 2.28. The standard InChI is InChI=1S/C16H22BrF3N2/c1-15(2,3)14(22-6-4-21-5-7-22)11-8-12(16(18,19)20)10-13(17)9-11/h8-10,14,21H,4-7H2,1-3H3/t14-/m1/s1. The molecule has 6 heteroatoms. The lowest BCUT2D eigenvalue weighted by Crippen LogP contribution is -2.48. The average Bonchev–Trinajstić information content (AvgIpc) is 2.36. The first-order valence-corrected chi connectivity index (χ1v) is 8.21. The summed E-state index contributed by atoms with van der Waals surface area (Å²) in [6.45, 7) is 9.65. The summed E-state index contributed by atoms with van der Waals surface area (Å²) in [5.41, 5.74) is -0.0292. The van der Waals surface area contributed by atoms with Crippen LogP contribution in [0.15, 0.2) is 22.7 Å². The van der Waals surface area contributed by atoms with E-state index < -0.39 is 11.7 Å². The second kappa shape index (κ2) is 6.49. The summed E-state index contributed by atoms with van der Waals surface area (Å²) in [5.74, 6) is 0. The Bertz CT molecular complexity index is 517. The molecule has 1 aliphatic heterocycles. The van der Waals surface area contributed by atoms with Crippen LogP contribution in [0.2, 0.25) is 0 Å². The Morgan fingerprint density at radius 2 is 1.68 bits per heavy atom. The van der Waals surface area contributed by atoms with Gasteiger partial charge in [0.05, 0.1) is 5.56 Å². The van der Waals surface area contributed by atoms with Gasteiger partial charge in [0.25, 0.3) is 0 Å². The molecular weight excluding hydrogens is 357 g/mol. The fourth-order valence-electron chi connectivity index (χ4n) is 3.13. The van der Waals surface area contributed by atoms with Gasteiger partial charge < -0.3 is 5.32 Å². The van der Waals surface area contributed by atoms with Crippen LogP contribution in [0, 0.1) is 5.41 Å². The lowest BCUT2D eigenvalue weighted by molar-refractivity contribution is -0.137. The third kappa shape index (κ3) is 4.24. The Kier molecular flexibility index (Phi) is 5.24. The molecule has 1 fully saturated rings. The van der Waals surface area contributed by atoms with Crippen LogP contribution in [0.3, 0.4) is 0 Å². The number of rotatable bonds is 2. The molecule has 1 heterocycles. The topological polar surface area (TPSA) is 15.3 Å². The monoisotopic (exact) mass is 378 g/mol. The maximum atomic E-state index is 13.1. The number of nitrogens with zero attached hydrogens (tertiary/aromatic N) is 1. The van der Waals surface area contributed by atoms with E-state index in [-0.39, 0.29) is 11.5 Å². The Morgan fingerprint density at radius 3 is 2.18 bits per heavy atom. The highest BCUT2D eigenvalue weighted by Crippen LogP contribution is 2.41. The van der Waals surface area contributed by atoms with Crippen LogP contribution in [-0.2, 0) is 6.18 Å². The molecule has 1 N–H and O–H groups in total. The van der Waals surface area contributed by atoms with Gasteiger partial charge in [-0.05, 0) is 29.2 Å². The molecule has 1 aromatic carbocycles. The first-order chi connectivity index (χ1) is 10.1. The van der Waals surface area contributed by atoms with Crippen molar-refractivity contribution in [2.24, 2.45) is 5.41 Å². The summed E-state index contributed by atoms with van der Waals surface area (Å²) >= 11 is 3.23. The smallest absolute Gasteiger partial charge is 0.314 e. The van der Waals surface area contributed by atoms with E-state index in [0.29, 0.717) is 4.47 Å². The average molecular weight is 379 g/mol. The van der Waals surface area contributed by atoms with Gasteiger partial charge in [0.15, 0.2) is 0 Å². The van der Waals surface area contributed by atoms with E-state index in [9.17, 15) is 13.2 Å². The van der Waals surface area contributed by atoms with Crippen molar-refractivity contribution in [1.82, 2.24) is 10.2 Å². The van der Waals surface area contributed by atoms with Crippen molar-refractivity contribution in [2.75, 3.05) is 26.2 Å². The lowest BCUT2D eigenvalue weighted by Gasteiger charge is -2.43. The Balaban J connectivity index is 2.45. The summed E-state index contributed by atoms with van der Waals surface area (Å²) in [5, 5.41) is 3.29. The van der Waals surface area contributed by atoms with Gasteiger partial charge in [-0.2, -0.15) is 13.2 Å². The zero-order valence-corrected chi connectivity index (χ0v) is 14.7. The summed E-state index contributed by atoms with van der Waals surface area (Å²) in [6.07, 6.45) is -4.33. The summed E-state index contributed by atoms with van der Waals surface area (Å²) in [6, 6.07) is 4.20. The summed E-state index contributed by atoms with van der Waals surface area (Å²) < 4.78 is 39.8. The van der Waals surface area contributed by atoms with Gasteiger partial charge in [-0.15, -0.1) is 0 Å². The molecule has 1 atom stereocenters. The Labute approximate surface area is 138 Å². The molecule has 1 aliphatic rings. The highest BCUT2D eigenvalue weighted by molar-refractivity contribution is 9.10. The molecule has 0 aromatic heterocycles. The predicted molar refractivity (Wildman–Crippen MR) is 85.8 cm³/mol. The van der Waals surface area contributed by atoms with Crippen LogP contribution in [-0.4, -0.2) is 31.1 Å². The minimum Gasteiger partial charge on any atom is -0.314 e. The summed E-state index contributed by atoms with van der Waals surface area (Å²) in [7, 11) is 0. The lowest BCUT2D eigenvalue weighted by atomic mass is 9.80. The minimum absolute atomic E-state index is 0.0480. The van der Waals surface area contributed by atoms with Crippen molar-refractivity contribution >= 4 is 15.9 Å². The number of hydrogen-bond acceptors (Lipinski definition) is 2. The van der Waals surface area contributed by atoms with Crippen molar-refractivity contribution in [2.45, 2.75) is 33.0 Å². The number of benzene rings is 1. The fraction of sp³-hybridized carbons (Fsp3) is 0.625. The fourth-order valence-corrected chi connectivity index (χ4v) is 3.64. The van der Waals surface area contributed by atoms with E-state index in [2.05, 4.69) is 46.9 Å². The molecule has 0 bridgehead atoms. The number of halogens is 4. The number of alkyl halides is 3. The number of nitrogens with one attached hydrogen (secondary N) is 1. The zero-order chi connectivity index (χ0) is 16.5. The number of hydrogen-bond donors (Lipinski definition) is 1. The molecular formula is C16H22BrF3N2. The maximum Gasteiger partial charge on any atom is 0.416 e. The Hall–Kier alpha value is -0.590. The third-order valence-electron chi connectivity index (χ3n) is 3.90. The van der Waals surface area contributed by atoms with E-state index in [1.807, 2.05) is 6.07 Å². The molecule has 0 amide bonds. The van der Waals surface area contributed by atoms with E-state index >= 15 is 0 Å². The van der Waals surface area contributed by atoms with Crippen molar-refractivity contribution in [1.29, 1.82) is 0 Å². The molecule has 0 unspecified atom stereocenters. The second-order valence-electron chi connectivity index (χ2n) is 6.83. The van der Waals surface area contributed by atoms with Crippen LogP contribution in [0.25, 0.3) is 0 Å².